The van der Waals surface area contributed by atoms with E-state index < -0.39 is 22.7 Å². The fourth-order valence-corrected chi connectivity index (χ4v) is 4.97. The van der Waals surface area contributed by atoms with Crippen molar-refractivity contribution in [2.24, 2.45) is 5.41 Å². The summed E-state index contributed by atoms with van der Waals surface area (Å²) in [6.45, 7) is 7.09. The number of alkyl halides is 3. The molecule has 3 heterocycles. The normalized spacial score (nSPS) is 20.5. The molecule has 3 rings (SSSR count). The highest BCUT2D eigenvalue weighted by Gasteiger charge is 2.44. The van der Waals surface area contributed by atoms with Gasteiger partial charge in [0.15, 0.2) is 0 Å². The van der Waals surface area contributed by atoms with Crippen molar-refractivity contribution in [2.75, 3.05) is 37.7 Å². The van der Waals surface area contributed by atoms with Crippen LogP contribution in [-0.2, 0) is 17.0 Å². The molecule has 2 aliphatic rings. The number of rotatable bonds is 4. The minimum atomic E-state index is -4.42. The molecule has 1 spiro atoms. The maximum Gasteiger partial charge on any atom is 0.433 e. The molecular weight excluding hydrogens is 353 g/mol. The Morgan fingerprint density at radius 1 is 1.24 bits per heavy atom. The highest BCUT2D eigenvalue weighted by molar-refractivity contribution is 7.86. The maximum absolute atomic E-state index is 12.4. The van der Waals surface area contributed by atoms with Crippen molar-refractivity contribution in [1.82, 2.24) is 9.88 Å². The fraction of sp³-hybridized carbons (Fsp3) is 0.706. The first-order valence-corrected chi connectivity index (χ1v) is 10.1. The zero-order valence-electron chi connectivity index (χ0n) is 14.6. The molecule has 0 aliphatic carbocycles. The van der Waals surface area contributed by atoms with Crippen LogP contribution in [0.1, 0.15) is 32.4 Å². The lowest BCUT2D eigenvalue weighted by Gasteiger charge is -2.46. The van der Waals surface area contributed by atoms with Crippen molar-refractivity contribution in [2.45, 2.75) is 32.9 Å². The molecule has 0 radical (unpaired) electrons. The molecule has 4 nitrogen and oxygen atoms in total. The Kier molecular flexibility index (Phi) is 6.85. The lowest BCUT2D eigenvalue weighted by Crippen LogP contribution is -2.52. The van der Waals surface area contributed by atoms with Gasteiger partial charge in [0.05, 0.1) is 6.20 Å². The average molecular weight is 378 g/mol. The largest absolute Gasteiger partial charge is 0.491 e. The van der Waals surface area contributed by atoms with Gasteiger partial charge in [-0.05, 0) is 43.5 Å². The summed E-state index contributed by atoms with van der Waals surface area (Å²) in [6, 6.07) is 2.22. The molecule has 2 saturated heterocycles. The van der Waals surface area contributed by atoms with Gasteiger partial charge in [-0.3, -0.25) is 9.11 Å². The molecule has 2 fully saturated rings. The summed E-state index contributed by atoms with van der Waals surface area (Å²) in [5.74, 6) is 2.03. The molecule has 8 heteroatoms. The van der Waals surface area contributed by atoms with Crippen LogP contribution < -0.4 is 4.74 Å². The number of ether oxygens (including phenoxy) is 1. The van der Waals surface area contributed by atoms with E-state index in [-0.39, 0.29) is 0 Å². The van der Waals surface area contributed by atoms with Crippen molar-refractivity contribution >= 4 is 10.8 Å². The van der Waals surface area contributed by atoms with Gasteiger partial charge in [-0.25, -0.2) is 4.98 Å². The number of hydrogen-bond acceptors (Lipinski definition) is 4. The van der Waals surface area contributed by atoms with Crippen LogP contribution in [0.15, 0.2) is 18.3 Å². The SMILES string of the molecule is CC.O=S1CC2(CCN(CCOc3ccc(C(F)(F)F)nc3)CC2)C1. The number of likely N-dealkylation sites (tertiary alicyclic amines) is 1. The zero-order chi connectivity index (χ0) is 18.5. The van der Waals surface area contributed by atoms with E-state index >= 15 is 0 Å². The quantitative estimate of drug-likeness (QED) is 0.806. The first-order chi connectivity index (χ1) is 11.9. The van der Waals surface area contributed by atoms with Crippen LogP contribution in [-0.4, -0.2) is 51.8 Å². The van der Waals surface area contributed by atoms with E-state index in [1.165, 1.54) is 6.07 Å². The standard InChI is InChI=1S/C15H19F3N2O2S.C2H6/c16-15(17,18)13-2-1-12(9-19-13)22-8-7-20-5-3-14(4-6-20)10-23(21)11-14;1-2/h1-2,9H,3-8,10-11H2;1-2H3. The monoisotopic (exact) mass is 378 g/mol. The van der Waals surface area contributed by atoms with E-state index in [1.54, 1.807) is 0 Å². The maximum atomic E-state index is 12.4. The second-order valence-electron chi connectivity index (χ2n) is 6.30. The van der Waals surface area contributed by atoms with Gasteiger partial charge in [-0.1, -0.05) is 13.8 Å². The van der Waals surface area contributed by atoms with Crippen LogP contribution in [0.3, 0.4) is 0 Å². The summed E-state index contributed by atoms with van der Waals surface area (Å²) in [5, 5.41) is 0. The molecular formula is C17H25F3N2O2S. The van der Waals surface area contributed by atoms with E-state index in [2.05, 4.69) is 9.88 Å². The number of aromatic nitrogens is 1. The summed E-state index contributed by atoms with van der Waals surface area (Å²) in [5.41, 5.74) is -0.608. The summed E-state index contributed by atoms with van der Waals surface area (Å²) >= 11 is 0. The van der Waals surface area contributed by atoms with Gasteiger partial charge >= 0.3 is 6.18 Å². The lowest BCUT2D eigenvalue weighted by atomic mass is 9.81. The molecule has 1 aromatic rings. The van der Waals surface area contributed by atoms with E-state index in [0.717, 1.165) is 56.2 Å². The second kappa shape index (κ2) is 8.49. The van der Waals surface area contributed by atoms with Crippen LogP contribution in [0.5, 0.6) is 5.75 Å². The van der Waals surface area contributed by atoms with Crippen molar-refractivity contribution in [3.8, 4) is 5.75 Å². The third-order valence-corrected chi connectivity index (χ3v) is 6.42. The van der Waals surface area contributed by atoms with Gasteiger partial charge in [0.25, 0.3) is 0 Å². The van der Waals surface area contributed by atoms with E-state index in [0.29, 0.717) is 17.8 Å². The molecule has 1 aromatic heterocycles. The Morgan fingerprint density at radius 3 is 2.36 bits per heavy atom. The molecule has 25 heavy (non-hydrogen) atoms. The number of hydrogen-bond donors (Lipinski definition) is 0. The van der Waals surface area contributed by atoms with Crippen molar-refractivity contribution in [3.63, 3.8) is 0 Å². The molecule has 0 N–H and O–H groups in total. The summed E-state index contributed by atoms with van der Waals surface area (Å²) in [4.78, 5) is 5.65. The molecule has 0 aromatic carbocycles. The van der Waals surface area contributed by atoms with Gasteiger partial charge in [0, 0.05) is 28.9 Å². The summed E-state index contributed by atoms with van der Waals surface area (Å²) < 4.78 is 54.0. The first-order valence-electron chi connectivity index (χ1n) is 8.60. The van der Waals surface area contributed by atoms with Crippen molar-refractivity contribution in [3.05, 3.63) is 24.0 Å². The van der Waals surface area contributed by atoms with Gasteiger partial charge < -0.3 is 4.74 Å². The number of halogens is 3. The number of piperidine rings is 1. The van der Waals surface area contributed by atoms with E-state index in [9.17, 15) is 17.4 Å². The molecule has 0 amide bonds. The van der Waals surface area contributed by atoms with Gasteiger partial charge in [0.1, 0.15) is 18.1 Å². The summed E-state index contributed by atoms with van der Waals surface area (Å²) in [7, 11) is -0.609. The molecule has 0 unspecified atom stereocenters. The van der Waals surface area contributed by atoms with Gasteiger partial charge in [0.2, 0.25) is 0 Å². The predicted molar refractivity (Wildman–Crippen MR) is 92.1 cm³/mol. The Labute approximate surface area is 149 Å². The Bertz CT molecular complexity index is 560. The highest BCUT2D eigenvalue weighted by Crippen LogP contribution is 2.40. The van der Waals surface area contributed by atoms with Crippen LogP contribution in [0, 0.1) is 5.41 Å². The fourth-order valence-electron chi connectivity index (χ4n) is 3.11. The highest BCUT2D eigenvalue weighted by atomic mass is 32.2. The topological polar surface area (TPSA) is 42.4 Å². The van der Waals surface area contributed by atoms with E-state index in [1.807, 2.05) is 13.8 Å². The second-order valence-corrected chi connectivity index (χ2v) is 7.75. The zero-order valence-corrected chi connectivity index (χ0v) is 15.5. The van der Waals surface area contributed by atoms with Crippen LogP contribution >= 0.6 is 0 Å². The van der Waals surface area contributed by atoms with Crippen LogP contribution in [0.25, 0.3) is 0 Å². The van der Waals surface area contributed by atoms with E-state index in [4.69, 9.17) is 4.74 Å². The van der Waals surface area contributed by atoms with Gasteiger partial charge in [-0.2, -0.15) is 13.2 Å². The lowest BCUT2D eigenvalue weighted by molar-refractivity contribution is -0.141. The minimum absolute atomic E-state index is 0.305. The predicted octanol–water partition coefficient (Wildman–Crippen LogP) is 3.35. The van der Waals surface area contributed by atoms with Crippen LogP contribution in [0.4, 0.5) is 13.2 Å². The first kappa shape index (κ1) is 20.2. The smallest absolute Gasteiger partial charge is 0.433 e. The Hall–Kier alpha value is -1.15. The molecule has 2 aliphatic heterocycles. The third kappa shape index (κ3) is 5.41. The molecule has 0 bridgehead atoms. The molecule has 0 saturated carbocycles. The third-order valence-electron chi connectivity index (χ3n) is 4.55. The summed E-state index contributed by atoms with van der Waals surface area (Å²) in [6.07, 6.45) is -1.17. The Morgan fingerprint density at radius 2 is 1.88 bits per heavy atom. The number of nitrogens with zero attached hydrogens (tertiary/aromatic N) is 2. The molecule has 142 valence electrons. The minimum Gasteiger partial charge on any atom is -0.491 e. The van der Waals surface area contributed by atoms with Gasteiger partial charge in [-0.15, -0.1) is 0 Å². The average Bonchev–Trinajstić information content (AvgIpc) is 2.57. The molecule has 0 atom stereocenters. The van der Waals surface area contributed by atoms with Crippen LogP contribution in [0.2, 0.25) is 0 Å². The number of pyridine rings is 1. The van der Waals surface area contributed by atoms with Crippen molar-refractivity contribution < 1.29 is 22.1 Å². The Balaban J connectivity index is 0.00000109. The van der Waals surface area contributed by atoms with Crippen molar-refractivity contribution in [1.29, 1.82) is 0 Å².